The molecular formula is C8H12N2O6. The van der Waals surface area contributed by atoms with Gasteiger partial charge in [0.05, 0.1) is 13.0 Å². The van der Waals surface area contributed by atoms with Crippen LogP contribution in [-0.2, 0) is 16.6 Å². The topological polar surface area (TPSA) is 138 Å². The van der Waals surface area contributed by atoms with Crippen LogP contribution in [0.2, 0.25) is 0 Å². The quantitative estimate of drug-likeness (QED) is 0.397. The number of aliphatic hydroxyl groups excluding tert-OH is 2. The third-order valence-corrected chi connectivity index (χ3v) is 1.48. The van der Waals surface area contributed by atoms with E-state index in [2.05, 4.69) is 4.98 Å². The van der Waals surface area contributed by atoms with Crippen LogP contribution in [0.4, 0.5) is 0 Å². The first-order valence-electron chi connectivity index (χ1n) is 4.14. The molecule has 8 nitrogen and oxygen atoms in total. The zero-order valence-corrected chi connectivity index (χ0v) is 8.40. The number of aliphatic carboxylic acids is 2. The summed E-state index contributed by atoms with van der Waals surface area (Å²) in [5.41, 5.74) is 0. The Hall–Kier alpha value is -1.93. The van der Waals surface area contributed by atoms with Crippen LogP contribution < -0.4 is 9.67 Å². The number of hydrogen-bond acceptors (Lipinski definition) is 5. The third kappa shape index (κ3) is 5.08. The standard InChI is InChI=1S/C4H6N2.C4H6O6/c1-6-3-2-5-4-6;5-1(3(7)8)2(6)4(9)10/h2-4H,1H3;1-2,5-6H,(H,7,8)(H,9,10)/t;1-,2-/m.0/s1. The lowest BCUT2D eigenvalue weighted by molar-refractivity contribution is -0.670. The number of carboxylic acids is 2. The van der Waals surface area contributed by atoms with Crippen LogP contribution in [0.5, 0.6) is 0 Å². The van der Waals surface area contributed by atoms with Gasteiger partial charge in [-0.2, -0.15) is 0 Å². The number of H-pyrrole nitrogens is 1. The van der Waals surface area contributed by atoms with E-state index in [0.29, 0.717) is 0 Å². The number of nitrogens with one attached hydrogen (secondary N) is 1. The van der Waals surface area contributed by atoms with Gasteiger partial charge in [0.2, 0.25) is 6.33 Å². The Morgan fingerprint density at radius 3 is 2.06 bits per heavy atom. The number of hydrogen-bond donors (Lipinski definition) is 4. The second kappa shape index (κ2) is 6.53. The molecule has 0 saturated heterocycles. The summed E-state index contributed by atoms with van der Waals surface area (Å²) in [4.78, 5) is 22.3. The second-order valence-corrected chi connectivity index (χ2v) is 2.82. The molecule has 4 N–H and O–H groups in total. The van der Waals surface area contributed by atoms with Gasteiger partial charge < -0.3 is 25.2 Å². The van der Waals surface area contributed by atoms with Gasteiger partial charge >= 0.3 is 5.97 Å². The number of aryl methyl sites for hydroxylation is 1. The maximum Gasteiger partial charge on any atom is 0.335 e. The SMILES string of the molecule is C[n+]1cc[nH]c1.O=C([O-])[C@@H](O)[C@H](O)C(=O)O. The number of nitrogens with zero attached hydrogens (tertiary/aromatic N) is 1. The molecule has 0 amide bonds. The van der Waals surface area contributed by atoms with E-state index in [4.69, 9.17) is 15.3 Å². The molecule has 0 aliphatic carbocycles. The van der Waals surface area contributed by atoms with Crippen LogP contribution in [0.1, 0.15) is 0 Å². The van der Waals surface area contributed by atoms with Gasteiger partial charge in [0.1, 0.15) is 18.5 Å². The number of carbonyl (C=O) groups is 2. The summed E-state index contributed by atoms with van der Waals surface area (Å²) >= 11 is 0. The van der Waals surface area contributed by atoms with E-state index in [1.54, 1.807) is 0 Å². The fraction of sp³-hybridized carbons (Fsp3) is 0.375. The smallest absolute Gasteiger partial charge is 0.335 e. The molecule has 0 aliphatic rings. The molecule has 90 valence electrons. The van der Waals surface area contributed by atoms with Crippen molar-refractivity contribution in [2.75, 3.05) is 0 Å². The molecule has 1 aromatic heterocycles. The molecule has 0 saturated carbocycles. The highest BCUT2D eigenvalue weighted by molar-refractivity contribution is 5.81. The predicted octanol–water partition coefficient (Wildman–Crippen LogP) is -3.62. The molecule has 1 heterocycles. The van der Waals surface area contributed by atoms with Gasteiger partial charge in [0, 0.05) is 0 Å². The first-order chi connectivity index (χ1) is 7.36. The van der Waals surface area contributed by atoms with Crippen molar-refractivity contribution in [3.05, 3.63) is 18.7 Å². The van der Waals surface area contributed by atoms with E-state index >= 15 is 0 Å². The summed E-state index contributed by atoms with van der Waals surface area (Å²) in [5, 5.41) is 34.1. The predicted molar refractivity (Wildman–Crippen MR) is 46.6 cm³/mol. The second-order valence-electron chi connectivity index (χ2n) is 2.82. The van der Waals surface area contributed by atoms with Crippen LogP contribution in [-0.4, -0.2) is 44.5 Å². The fourth-order valence-electron chi connectivity index (χ4n) is 0.628. The Balaban J connectivity index is 0.000000315. The average Bonchev–Trinajstić information content (AvgIpc) is 2.67. The zero-order valence-electron chi connectivity index (χ0n) is 8.40. The maximum absolute atomic E-state index is 9.74. The van der Waals surface area contributed by atoms with E-state index in [1.807, 2.05) is 30.3 Å². The lowest BCUT2D eigenvalue weighted by atomic mass is 10.2. The summed E-state index contributed by atoms with van der Waals surface area (Å²) in [6.45, 7) is 0. The maximum atomic E-state index is 9.74. The van der Waals surface area contributed by atoms with Crippen LogP contribution >= 0.6 is 0 Å². The van der Waals surface area contributed by atoms with Gasteiger partial charge in [-0.05, 0) is 0 Å². The van der Waals surface area contributed by atoms with E-state index < -0.39 is 24.1 Å². The van der Waals surface area contributed by atoms with Crippen LogP contribution in [0.25, 0.3) is 0 Å². The Bertz CT molecular complexity index is 318. The van der Waals surface area contributed by atoms with Crippen molar-refractivity contribution in [3.63, 3.8) is 0 Å². The van der Waals surface area contributed by atoms with Crippen molar-refractivity contribution >= 4 is 11.9 Å². The molecule has 2 atom stereocenters. The van der Waals surface area contributed by atoms with Crippen molar-refractivity contribution in [1.82, 2.24) is 4.98 Å². The fourth-order valence-corrected chi connectivity index (χ4v) is 0.628. The van der Waals surface area contributed by atoms with E-state index in [0.717, 1.165) is 0 Å². The number of aliphatic hydroxyl groups is 2. The van der Waals surface area contributed by atoms with Gasteiger partial charge in [-0.15, -0.1) is 0 Å². The molecule has 8 heteroatoms. The molecular weight excluding hydrogens is 220 g/mol. The molecule has 1 aromatic rings. The summed E-state index contributed by atoms with van der Waals surface area (Å²) < 4.78 is 1.94. The molecule has 0 fully saturated rings. The van der Waals surface area contributed by atoms with Crippen molar-refractivity contribution < 1.29 is 34.6 Å². The van der Waals surface area contributed by atoms with Crippen LogP contribution in [0, 0.1) is 0 Å². The van der Waals surface area contributed by atoms with Crippen molar-refractivity contribution in [3.8, 4) is 0 Å². The molecule has 0 spiro atoms. The Labute approximate surface area is 90.4 Å². The number of rotatable bonds is 3. The molecule has 16 heavy (non-hydrogen) atoms. The number of imidazole rings is 1. The molecule has 0 aliphatic heterocycles. The minimum absolute atomic E-state index is 1.81. The monoisotopic (exact) mass is 232 g/mol. The third-order valence-electron chi connectivity index (χ3n) is 1.48. The summed E-state index contributed by atoms with van der Waals surface area (Å²) in [7, 11) is 1.97. The van der Waals surface area contributed by atoms with Crippen molar-refractivity contribution in [2.24, 2.45) is 7.05 Å². The van der Waals surface area contributed by atoms with Gasteiger partial charge in [0.25, 0.3) is 0 Å². The first kappa shape index (κ1) is 14.1. The summed E-state index contributed by atoms with van der Waals surface area (Å²) in [5.74, 6) is -3.83. The van der Waals surface area contributed by atoms with E-state index in [-0.39, 0.29) is 0 Å². The Morgan fingerprint density at radius 2 is 1.94 bits per heavy atom. The number of carbonyl (C=O) groups excluding carboxylic acids is 1. The first-order valence-corrected chi connectivity index (χ1v) is 4.14. The van der Waals surface area contributed by atoms with Gasteiger partial charge in [-0.25, -0.2) is 9.36 Å². The average molecular weight is 232 g/mol. The highest BCUT2D eigenvalue weighted by atomic mass is 16.4. The number of aromatic amines is 1. The molecule has 0 bridgehead atoms. The lowest BCUT2D eigenvalue weighted by Gasteiger charge is -2.13. The van der Waals surface area contributed by atoms with Crippen molar-refractivity contribution in [2.45, 2.75) is 12.2 Å². The van der Waals surface area contributed by atoms with E-state index in [9.17, 15) is 14.7 Å². The molecule has 0 unspecified atom stereocenters. The zero-order chi connectivity index (χ0) is 12.7. The lowest BCUT2D eigenvalue weighted by Crippen LogP contribution is -2.46. The largest absolute Gasteiger partial charge is 0.547 e. The highest BCUT2D eigenvalue weighted by Gasteiger charge is 2.23. The molecule has 0 radical (unpaired) electrons. The minimum atomic E-state index is -2.38. The summed E-state index contributed by atoms with van der Waals surface area (Å²) in [6.07, 6.45) is 0.988. The van der Waals surface area contributed by atoms with Crippen molar-refractivity contribution in [1.29, 1.82) is 0 Å². The number of aromatic nitrogens is 2. The summed E-state index contributed by atoms with van der Waals surface area (Å²) in [6, 6.07) is 0. The Kier molecular flexibility index (Phi) is 5.75. The number of carboxylic acid groups (broad SMARTS) is 2. The van der Waals surface area contributed by atoms with Crippen LogP contribution in [0.15, 0.2) is 18.7 Å². The normalized spacial score (nSPS) is 13.2. The van der Waals surface area contributed by atoms with Gasteiger partial charge in [-0.1, -0.05) is 0 Å². The Morgan fingerprint density at radius 1 is 1.38 bits per heavy atom. The van der Waals surface area contributed by atoms with Crippen LogP contribution in [0.3, 0.4) is 0 Å². The van der Waals surface area contributed by atoms with E-state index in [1.165, 1.54) is 0 Å². The van der Waals surface area contributed by atoms with Gasteiger partial charge in [0.15, 0.2) is 6.10 Å². The highest BCUT2D eigenvalue weighted by Crippen LogP contribution is 1.90. The molecule has 1 rings (SSSR count). The minimum Gasteiger partial charge on any atom is -0.547 e. The molecule has 0 aromatic carbocycles. The van der Waals surface area contributed by atoms with Gasteiger partial charge in [-0.3, -0.25) is 4.98 Å².